The van der Waals surface area contributed by atoms with E-state index in [2.05, 4.69) is 22.6 Å². The minimum absolute atomic E-state index is 0.0213. The highest BCUT2D eigenvalue weighted by molar-refractivity contribution is 5.97. The number of carbonyl (C=O) groups is 1. The first-order chi connectivity index (χ1) is 19.4. The molecule has 40 heavy (non-hydrogen) atoms. The van der Waals surface area contributed by atoms with E-state index in [9.17, 15) is 9.90 Å². The SMILES string of the molecule is C=C(C1CCC(c2ccc(OC)c(C)n2)CC1)N(C(=O)C1CCCCC1)c1cc(/C(=C/O)N=C(C)CC)ccn1. The first-order valence-corrected chi connectivity index (χ1v) is 14.8. The average Bonchev–Trinajstić information content (AvgIpc) is 3.00. The van der Waals surface area contributed by atoms with Gasteiger partial charge in [-0.15, -0.1) is 0 Å². The molecule has 0 atom stereocenters. The fraction of sp³-hybridized carbons (Fsp3) is 0.515. The fourth-order valence-electron chi connectivity index (χ4n) is 6.00. The highest BCUT2D eigenvalue weighted by Crippen LogP contribution is 2.41. The molecule has 7 heteroatoms. The number of aliphatic hydroxyl groups excluding tert-OH is 1. The van der Waals surface area contributed by atoms with E-state index in [0.717, 1.165) is 98.2 Å². The van der Waals surface area contributed by atoms with Crippen molar-refractivity contribution in [2.24, 2.45) is 16.8 Å². The van der Waals surface area contributed by atoms with Gasteiger partial charge in [0.25, 0.3) is 0 Å². The zero-order valence-corrected chi connectivity index (χ0v) is 24.5. The van der Waals surface area contributed by atoms with Gasteiger partial charge in [-0.3, -0.25) is 19.7 Å². The van der Waals surface area contributed by atoms with Gasteiger partial charge in [0.1, 0.15) is 23.5 Å². The molecule has 4 rings (SSSR count). The monoisotopic (exact) mass is 544 g/mol. The summed E-state index contributed by atoms with van der Waals surface area (Å²) in [6.07, 6.45) is 12.5. The van der Waals surface area contributed by atoms with Crippen molar-refractivity contribution < 1.29 is 14.6 Å². The molecule has 0 saturated heterocycles. The van der Waals surface area contributed by atoms with Gasteiger partial charge in [-0.1, -0.05) is 32.8 Å². The third kappa shape index (κ3) is 6.80. The fourth-order valence-corrected chi connectivity index (χ4v) is 6.00. The zero-order chi connectivity index (χ0) is 28.6. The average molecular weight is 545 g/mol. The zero-order valence-electron chi connectivity index (χ0n) is 24.5. The summed E-state index contributed by atoms with van der Waals surface area (Å²) in [4.78, 5) is 29.9. The number of pyridine rings is 2. The van der Waals surface area contributed by atoms with Crippen LogP contribution in [0, 0.1) is 18.8 Å². The van der Waals surface area contributed by atoms with Crippen LogP contribution in [0.4, 0.5) is 5.82 Å². The molecule has 2 saturated carbocycles. The quantitative estimate of drug-likeness (QED) is 0.256. The summed E-state index contributed by atoms with van der Waals surface area (Å²) < 4.78 is 5.39. The predicted molar refractivity (Wildman–Crippen MR) is 162 cm³/mol. The van der Waals surface area contributed by atoms with E-state index in [1.54, 1.807) is 18.2 Å². The number of hydrogen-bond donors (Lipinski definition) is 1. The van der Waals surface area contributed by atoms with Crippen molar-refractivity contribution in [2.45, 2.75) is 90.9 Å². The molecule has 2 aromatic rings. The van der Waals surface area contributed by atoms with Crippen LogP contribution in [0.2, 0.25) is 0 Å². The van der Waals surface area contributed by atoms with Gasteiger partial charge in [0.2, 0.25) is 5.91 Å². The van der Waals surface area contributed by atoms with Crippen LogP contribution in [-0.2, 0) is 4.79 Å². The molecule has 1 N–H and O–H groups in total. The summed E-state index contributed by atoms with van der Waals surface area (Å²) in [5, 5.41) is 9.94. The number of nitrogens with zero attached hydrogens (tertiary/aromatic N) is 4. The molecule has 0 aromatic carbocycles. The third-order valence-corrected chi connectivity index (χ3v) is 8.57. The lowest BCUT2D eigenvalue weighted by molar-refractivity contribution is -0.123. The topological polar surface area (TPSA) is 87.9 Å². The normalized spacial score (nSPS) is 20.7. The van der Waals surface area contributed by atoms with Crippen LogP contribution in [0.3, 0.4) is 0 Å². The van der Waals surface area contributed by atoms with Gasteiger partial charge in [0.05, 0.1) is 12.8 Å². The van der Waals surface area contributed by atoms with Gasteiger partial charge >= 0.3 is 0 Å². The molecular weight excluding hydrogens is 500 g/mol. The summed E-state index contributed by atoms with van der Waals surface area (Å²) >= 11 is 0. The molecule has 0 spiro atoms. The number of aliphatic hydroxyl groups is 1. The van der Waals surface area contributed by atoms with E-state index in [-0.39, 0.29) is 17.7 Å². The lowest BCUT2D eigenvalue weighted by Crippen LogP contribution is -2.39. The summed E-state index contributed by atoms with van der Waals surface area (Å²) in [5.41, 5.74) is 4.94. The molecule has 0 unspecified atom stereocenters. The maximum absolute atomic E-state index is 14.1. The second-order valence-corrected chi connectivity index (χ2v) is 11.2. The summed E-state index contributed by atoms with van der Waals surface area (Å²) in [7, 11) is 1.67. The molecule has 2 aliphatic carbocycles. The van der Waals surface area contributed by atoms with E-state index < -0.39 is 0 Å². The lowest BCUT2D eigenvalue weighted by Gasteiger charge is -2.36. The number of aliphatic imine (C=N–C) groups is 1. The number of allylic oxidation sites excluding steroid dienone is 1. The van der Waals surface area contributed by atoms with Gasteiger partial charge in [-0.25, -0.2) is 4.98 Å². The second kappa shape index (κ2) is 13.7. The molecule has 214 valence electrons. The predicted octanol–water partition coefficient (Wildman–Crippen LogP) is 7.92. The minimum Gasteiger partial charge on any atom is -0.513 e. The Bertz CT molecular complexity index is 1250. The van der Waals surface area contributed by atoms with E-state index in [4.69, 9.17) is 9.72 Å². The molecule has 2 aliphatic rings. The summed E-state index contributed by atoms with van der Waals surface area (Å²) in [6.45, 7) is 10.5. The number of anilines is 1. The van der Waals surface area contributed by atoms with Crippen LogP contribution < -0.4 is 9.64 Å². The van der Waals surface area contributed by atoms with Crippen molar-refractivity contribution in [3.8, 4) is 5.75 Å². The Labute approximate surface area is 239 Å². The summed E-state index contributed by atoms with van der Waals surface area (Å²) in [6, 6.07) is 7.76. The van der Waals surface area contributed by atoms with Gasteiger partial charge < -0.3 is 9.84 Å². The van der Waals surface area contributed by atoms with E-state index >= 15 is 0 Å². The maximum Gasteiger partial charge on any atom is 0.235 e. The van der Waals surface area contributed by atoms with Crippen LogP contribution >= 0.6 is 0 Å². The number of rotatable bonds is 9. The molecular formula is C33H44N4O3. The smallest absolute Gasteiger partial charge is 0.235 e. The van der Waals surface area contributed by atoms with Gasteiger partial charge in [0, 0.05) is 40.7 Å². The minimum atomic E-state index is -0.0213. The standard InChI is InChI=1S/C33H44N4O3/c1-6-22(2)35-30(21-38)28-18-19-34-32(20-28)37(33(39)27-10-8-7-9-11-27)24(4)25-12-14-26(15-13-25)29-16-17-31(40-5)23(3)36-29/h16-21,25-27,38H,4,6-15H2,1-3,5H3/b30-21-,35-22?. The molecule has 2 fully saturated rings. The molecule has 0 bridgehead atoms. The summed E-state index contributed by atoms with van der Waals surface area (Å²) in [5.74, 6) is 2.00. The lowest BCUT2D eigenvalue weighted by atomic mass is 9.78. The van der Waals surface area contributed by atoms with Gasteiger partial charge in [0.15, 0.2) is 0 Å². The maximum atomic E-state index is 14.1. The van der Waals surface area contributed by atoms with Gasteiger partial charge in [-0.05, 0) is 89.0 Å². The molecule has 0 aliphatic heterocycles. The number of ether oxygens (including phenoxy) is 1. The Morgan fingerprint density at radius 3 is 2.48 bits per heavy atom. The van der Waals surface area contributed by atoms with Gasteiger partial charge in [-0.2, -0.15) is 0 Å². The van der Waals surface area contributed by atoms with Crippen LogP contribution in [-0.4, -0.2) is 33.8 Å². The highest BCUT2D eigenvalue weighted by atomic mass is 16.5. The van der Waals surface area contributed by atoms with Crippen LogP contribution in [0.15, 0.2) is 54.0 Å². The Kier molecular flexibility index (Phi) is 10.1. The second-order valence-electron chi connectivity index (χ2n) is 11.2. The number of methoxy groups -OCH3 is 1. The third-order valence-electron chi connectivity index (χ3n) is 8.57. The van der Waals surface area contributed by atoms with Crippen molar-refractivity contribution in [3.63, 3.8) is 0 Å². The molecule has 0 radical (unpaired) electrons. The molecule has 2 heterocycles. The highest BCUT2D eigenvalue weighted by Gasteiger charge is 2.34. The number of hydrogen-bond acceptors (Lipinski definition) is 6. The van der Waals surface area contributed by atoms with Crippen molar-refractivity contribution in [3.05, 3.63) is 66.0 Å². The number of carbonyl (C=O) groups excluding carboxylic acids is 1. The van der Waals surface area contributed by atoms with E-state index in [1.807, 2.05) is 39.0 Å². The first kappa shape index (κ1) is 29.5. The Balaban J connectivity index is 1.58. The van der Waals surface area contributed by atoms with Crippen LogP contribution in [0.25, 0.3) is 5.70 Å². The number of aryl methyl sites for hydroxylation is 1. The van der Waals surface area contributed by atoms with Crippen molar-refractivity contribution >= 4 is 23.1 Å². The van der Waals surface area contributed by atoms with Crippen LogP contribution in [0.5, 0.6) is 5.75 Å². The van der Waals surface area contributed by atoms with Crippen LogP contribution in [0.1, 0.15) is 101 Å². The van der Waals surface area contributed by atoms with E-state index in [0.29, 0.717) is 17.4 Å². The number of aromatic nitrogens is 2. The number of amides is 1. The largest absolute Gasteiger partial charge is 0.513 e. The van der Waals surface area contributed by atoms with Crippen molar-refractivity contribution in [1.82, 2.24) is 9.97 Å². The molecule has 2 aromatic heterocycles. The first-order valence-electron chi connectivity index (χ1n) is 14.8. The van der Waals surface area contributed by atoms with Crippen molar-refractivity contribution in [2.75, 3.05) is 12.0 Å². The van der Waals surface area contributed by atoms with Crippen molar-refractivity contribution in [1.29, 1.82) is 0 Å². The van der Waals surface area contributed by atoms with E-state index in [1.165, 1.54) is 6.42 Å². The molecule has 1 amide bonds. The Hall–Kier alpha value is -3.48. The molecule has 7 nitrogen and oxygen atoms in total. The Morgan fingerprint density at radius 2 is 1.85 bits per heavy atom. The Morgan fingerprint density at radius 1 is 1.12 bits per heavy atom.